The predicted octanol–water partition coefficient (Wildman–Crippen LogP) is 5.40. The standard InChI is InChI=1S/C29H28ClFN6O/c1-36(2)14-12-18-6-9-21(10-7-18)34-29-33-17-20-15-24(28(38)37(3)27(20)35-29)23-11-8-19(16-25(23)30)22-5-4-13-32-26(22)31/h4-7,9-11,13,15-17,19H,8,12,14H2,1-3H3,(H,33,34,35). The van der Waals surface area contributed by atoms with Crippen LogP contribution in [0.15, 0.2) is 76.8 Å². The van der Waals surface area contributed by atoms with Crippen molar-refractivity contribution < 1.29 is 4.39 Å². The van der Waals surface area contributed by atoms with E-state index in [4.69, 9.17) is 11.6 Å². The van der Waals surface area contributed by atoms with Gasteiger partial charge in [-0.25, -0.2) is 9.97 Å². The van der Waals surface area contributed by atoms with Gasteiger partial charge in [-0.3, -0.25) is 9.36 Å². The third kappa shape index (κ3) is 5.37. The van der Waals surface area contributed by atoms with Crippen LogP contribution in [0.2, 0.25) is 0 Å². The van der Waals surface area contributed by atoms with Crippen molar-refractivity contribution in [1.29, 1.82) is 0 Å². The van der Waals surface area contributed by atoms with Crippen molar-refractivity contribution in [1.82, 2.24) is 24.4 Å². The number of anilines is 2. The first-order chi connectivity index (χ1) is 18.3. The fourth-order valence-electron chi connectivity index (χ4n) is 4.54. The number of allylic oxidation sites excluding steroid dienone is 4. The number of aromatic nitrogens is 4. The second-order valence-corrected chi connectivity index (χ2v) is 10.0. The first-order valence-electron chi connectivity index (χ1n) is 12.4. The van der Waals surface area contributed by atoms with Crippen LogP contribution in [0.4, 0.5) is 16.0 Å². The van der Waals surface area contributed by atoms with Crippen LogP contribution in [0.1, 0.15) is 29.0 Å². The average molecular weight is 531 g/mol. The van der Waals surface area contributed by atoms with Gasteiger partial charge >= 0.3 is 0 Å². The smallest absolute Gasteiger partial charge is 0.259 e. The number of nitrogens with one attached hydrogen (secondary N) is 1. The highest BCUT2D eigenvalue weighted by Gasteiger charge is 2.22. The SMILES string of the molecule is CN(C)CCc1ccc(Nc2ncc3cc(C4=CCC(c5cccnc5F)C=C4Cl)c(=O)n(C)c3n2)cc1. The van der Waals surface area contributed by atoms with Crippen molar-refractivity contribution in [2.75, 3.05) is 26.0 Å². The molecule has 0 saturated heterocycles. The second kappa shape index (κ2) is 10.8. The van der Waals surface area contributed by atoms with Gasteiger partial charge in [0.2, 0.25) is 11.9 Å². The Morgan fingerprint density at radius 3 is 2.68 bits per heavy atom. The van der Waals surface area contributed by atoms with E-state index in [1.807, 2.05) is 18.2 Å². The second-order valence-electron chi connectivity index (χ2n) is 9.63. The minimum absolute atomic E-state index is 0.226. The van der Waals surface area contributed by atoms with E-state index in [1.165, 1.54) is 16.3 Å². The Morgan fingerprint density at radius 2 is 1.97 bits per heavy atom. The van der Waals surface area contributed by atoms with Gasteiger partial charge in [-0.15, -0.1) is 0 Å². The van der Waals surface area contributed by atoms with E-state index in [9.17, 15) is 9.18 Å². The van der Waals surface area contributed by atoms with Crippen LogP contribution in [0, 0.1) is 5.95 Å². The third-order valence-corrected chi connectivity index (χ3v) is 6.99. The van der Waals surface area contributed by atoms with Crippen molar-refractivity contribution in [2.45, 2.75) is 18.8 Å². The number of likely N-dealkylation sites (N-methyl/N-ethyl adjacent to an activating group) is 1. The molecule has 38 heavy (non-hydrogen) atoms. The van der Waals surface area contributed by atoms with Gasteiger partial charge in [-0.05, 0) is 56.8 Å². The molecule has 0 radical (unpaired) electrons. The molecule has 0 aliphatic heterocycles. The van der Waals surface area contributed by atoms with Gasteiger partial charge in [-0.1, -0.05) is 42.0 Å². The molecule has 9 heteroatoms. The number of hydrogen-bond donors (Lipinski definition) is 1. The fraction of sp³-hybridized carbons (Fsp3) is 0.241. The number of pyridine rings is 2. The Labute approximate surface area is 225 Å². The molecule has 1 unspecified atom stereocenters. The lowest BCUT2D eigenvalue weighted by atomic mass is 9.88. The Kier molecular flexibility index (Phi) is 7.35. The van der Waals surface area contributed by atoms with Crippen LogP contribution in [-0.2, 0) is 13.5 Å². The van der Waals surface area contributed by atoms with Gasteiger partial charge in [0.1, 0.15) is 5.65 Å². The van der Waals surface area contributed by atoms with Crippen LogP contribution < -0.4 is 10.9 Å². The van der Waals surface area contributed by atoms with Gasteiger partial charge in [0.25, 0.3) is 5.56 Å². The molecule has 3 heterocycles. The summed E-state index contributed by atoms with van der Waals surface area (Å²) in [5, 5.41) is 4.32. The van der Waals surface area contributed by atoms with Crippen molar-refractivity contribution in [3.8, 4) is 0 Å². The Morgan fingerprint density at radius 1 is 1.18 bits per heavy atom. The summed E-state index contributed by atoms with van der Waals surface area (Å²) in [5.74, 6) is -0.362. The molecule has 0 saturated carbocycles. The van der Waals surface area contributed by atoms with Crippen LogP contribution in [-0.4, -0.2) is 45.1 Å². The molecule has 0 fully saturated rings. The van der Waals surface area contributed by atoms with Crippen molar-refractivity contribution in [2.24, 2.45) is 7.05 Å². The van der Waals surface area contributed by atoms with E-state index in [0.29, 0.717) is 45.1 Å². The summed E-state index contributed by atoms with van der Waals surface area (Å²) in [6.45, 7) is 0.984. The van der Waals surface area contributed by atoms with Crippen molar-refractivity contribution in [3.63, 3.8) is 0 Å². The quantitative estimate of drug-likeness (QED) is 0.322. The predicted molar refractivity (Wildman–Crippen MR) is 150 cm³/mol. The zero-order chi connectivity index (χ0) is 26.8. The fourth-order valence-corrected chi connectivity index (χ4v) is 4.87. The average Bonchev–Trinajstić information content (AvgIpc) is 2.91. The highest BCUT2D eigenvalue weighted by atomic mass is 35.5. The van der Waals surface area contributed by atoms with E-state index in [1.54, 1.807) is 37.5 Å². The molecule has 3 aromatic heterocycles. The number of rotatable bonds is 7. The van der Waals surface area contributed by atoms with E-state index in [0.717, 1.165) is 18.7 Å². The lowest BCUT2D eigenvalue weighted by Crippen LogP contribution is -2.22. The molecular formula is C29H28ClFN6O. The molecule has 0 amide bonds. The molecule has 7 nitrogen and oxygen atoms in total. The minimum Gasteiger partial charge on any atom is -0.324 e. The normalized spacial score (nSPS) is 15.5. The summed E-state index contributed by atoms with van der Waals surface area (Å²) in [7, 11) is 5.80. The van der Waals surface area contributed by atoms with Crippen molar-refractivity contribution in [3.05, 3.63) is 105 Å². The maximum Gasteiger partial charge on any atom is 0.259 e. The highest BCUT2D eigenvalue weighted by Crippen LogP contribution is 2.37. The zero-order valence-corrected chi connectivity index (χ0v) is 22.2. The number of fused-ring (bicyclic) bond motifs is 1. The van der Waals surface area contributed by atoms with Gasteiger partial charge in [0.15, 0.2) is 0 Å². The first-order valence-corrected chi connectivity index (χ1v) is 12.7. The van der Waals surface area contributed by atoms with Crippen molar-refractivity contribution >= 4 is 39.8 Å². The molecule has 0 spiro atoms. The number of nitrogens with zero attached hydrogens (tertiary/aromatic N) is 5. The van der Waals surface area contributed by atoms with E-state index in [-0.39, 0.29) is 11.5 Å². The summed E-state index contributed by atoms with van der Waals surface area (Å²) < 4.78 is 15.7. The van der Waals surface area contributed by atoms with E-state index < -0.39 is 5.95 Å². The van der Waals surface area contributed by atoms with Gasteiger partial charge < -0.3 is 10.2 Å². The number of hydrogen-bond acceptors (Lipinski definition) is 6. The maximum absolute atomic E-state index is 14.2. The Hall–Kier alpha value is -3.88. The zero-order valence-electron chi connectivity index (χ0n) is 21.4. The highest BCUT2D eigenvalue weighted by molar-refractivity contribution is 6.37. The molecule has 1 aliphatic rings. The maximum atomic E-state index is 14.2. The van der Waals surface area contributed by atoms with Gasteiger partial charge in [0.05, 0.1) is 0 Å². The molecule has 4 aromatic rings. The van der Waals surface area contributed by atoms with Crippen LogP contribution in [0.5, 0.6) is 0 Å². The van der Waals surface area contributed by atoms with Crippen LogP contribution in [0.25, 0.3) is 16.6 Å². The Bertz CT molecular complexity index is 1610. The minimum atomic E-state index is -0.515. The molecule has 1 atom stereocenters. The molecule has 0 bridgehead atoms. The summed E-state index contributed by atoms with van der Waals surface area (Å²) in [6.07, 6.45) is 8.23. The van der Waals surface area contributed by atoms with Crippen LogP contribution in [0.3, 0.4) is 0 Å². The molecule has 1 aromatic carbocycles. The lowest BCUT2D eigenvalue weighted by Gasteiger charge is -2.20. The Balaban J connectivity index is 1.39. The summed E-state index contributed by atoms with van der Waals surface area (Å²) >= 11 is 6.61. The lowest BCUT2D eigenvalue weighted by molar-refractivity contribution is 0.413. The molecule has 1 aliphatic carbocycles. The monoisotopic (exact) mass is 530 g/mol. The van der Waals surface area contributed by atoms with E-state index in [2.05, 4.69) is 51.4 Å². The first kappa shape index (κ1) is 25.8. The molecule has 1 N–H and O–H groups in total. The van der Waals surface area contributed by atoms with Gasteiger partial charge in [0, 0.05) is 64.7 Å². The summed E-state index contributed by atoms with van der Waals surface area (Å²) in [5.41, 5.74) is 3.94. The topological polar surface area (TPSA) is 75.9 Å². The molecule has 5 rings (SSSR count). The van der Waals surface area contributed by atoms with E-state index >= 15 is 0 Å². The number of benzene rings is 1. The number of halogens is 2. The third-order valence-electron chi connectivity index (χ3n) is 6.66. The molecular weight excluding hydrogens is 503 g/mol. The largest absolute Gasteiger partial charge is 0.324 e. The number of aryl methyl sites for hydroxylation is 1. The molecule has 194 valence electrons. The summed E-state index contributed by atoms with van der Waals surface area (Å²) in [6, 6.07) is 13.3. The summed E-state index contributed by atoms with van der Waals surface area (Å²) in [4.78, 5) is 28.3. The van der Waals surface area contributed by atoms with Gasteiger partial charge in [-0.2, -0.15) is 9.37 Å². The van der Waals surface area contributed by atoms with Crippen LogP contribution >= 0.6 is 11.6 Å².